The molecule has 6 nitrogen and oxygen atoms in total. The SMILES string of the molecule is CN(C(=O)COC(=O)c1cc(-c2ccccc2)nc2ccccc12)C(C)(C)C#N. The van der Waals surface area contributed by atoms with Crippen molar-refractivity contribution in [2.75, 3.05) is 13.7 Å². The van der Waals surface area contributed by atoms with Crippen LogP contribution >= 0.6 is 0 Å². The Morgan fingerprint density at radius 1 is 1.10 bits per heavy atom. The number of nitrogens with zero attached hydrogens (tertiary/aromatic N) is 3. The van der Waals surface area contributed by atoms with Crippen molar-refractivity contribution in [1.82, 2.24) is 9.88 Å². The largest absolute Gasteiger partial charge is 0.452 e. The van der Waals surface area contributed by atoms with Crippen molar-refractivity contribution < 1.29 is 14.3 Å². The standard InChI is InChI=1S/C23H21N3O3/c1-23(2,15-24)26(3)21(27)14-29-22(28)18-13-20(16-9-5-4-6-10-16)25-19-12-8-7-11-17(18)19/h4-13H,14H2,1-3H3. The molecule has 3 rings (SSSR count). The molecule has 0 atom stereocenters. The van der Waals surface area contributed by atoms with E-state index in [0.29, 0.717) is 22.2 Å². The minimum atomic E-state index is -0.993. The molecule has 0 saturated heterocycles. The number of nitriles is 1. The van der Waals surface area contributed by atoms with Crippen molar-refractivity contribution in [2.45, 2.75) is 19.4 Å². The lowest BCUT2D eigenvalue weighted by Gasteiger charge is -2.28. The summed E-state index contributed by atoms with van der Waals surface area (Å²) in [5, 5.41) is 9.82. The van der Waals surface area contributed by atoms with Crippen LogP contribution in [0, 0.1) is 11.3 Å². The van der Waals surface area contributed by atoms with Gasteiger partial charge < -0.3 is 9.64 Å². The smallest absolute Gasteiger partial charge is 0.339 e. The van der Waals surface area contributed by atoms with Crippen LogP contribution in [0.25, 0.3) is 22.2 Å². The molecular formula is C23H21N3O3. The second kappa shape index (κ2) is 8.11. The Balaban J connectivity index is 1.90. The lowest BCUT2D eigenvalue weighted by Crippen LogP contribution is -2.45. The van der Waals surface area contributed by atoms with Crippen LogP contribution in [-0.2, 0) is 9.53 Å². The maximum Gasteiger partial charge on any atom is 0.339 e. The summed E-state index contributed by atoms with van der Waals surface area (Å²) in [6, 6.07) is 20.5. The molecule has 0 radical (unpaired) electrons. The highest BCUT2D eigenvalue weighted by atomic mass is 16.5. The van der Waals surface area contributed by atoms with E-state index >= 15 is 0 Å². The number of carbonyl (C=O) groups excluding carboxylic acids is 2. The number of esters is 1. The number of hydrogen-bond donors (Lipinski definition) is 0. The van der Waals surface area contributed by atoms with Crippen molar-refractivity contribution in [3.63, 3.8) is 0 Å². The normalized spacial score (nSPS) is 11.0. The first-order valence-corrected chi connectivity index (χ1v) is 9.14. The van der Waals surface area contributed by atoms with Gasteiger partial charge in [-0.15, -0.1) is 0 Å². The molecule has 29 heavy (non-hydrogen) atoms. The number of benzene rings is 2. The number of para-hydroxylation sites is 1. The predicted octanol–water partition coefficient (Wildman–Crippen LogP) is 3.82. The van der Waals surface area contributed by atoms with Gasteiger partial charge >= 0.3 is 5.97 Å². The van der Waals surface area contributed by atoms with E-state index in [1.54, 1.807) is 26.0 Å². The highest BCUT2D eigenvalue weighted by Crippen LogP contribution is 2.25. The molecule has 0 aliphatic carbocycles. The highest BCUT2D eigenvalue weighted by Gasteiger charge is 2.28. The van der Waals surface area contributed by atoms with Crippen LogP contribution in [0.1, 0.15) is 24.2 Å². The maximum absolute atomic E-state index is 12.8. The Hall–Kier alpha value is -3.72. The molecule has 0 aliphatic heterocycles. The molecule has 1 amide bonds. The van der Waals surface area contributed by atoms with Gasteiger partial charge in [0.05, 0.1) is 22.8 Å². The van der Waals surface area contributed by atoms with Crippen LogP contribution < -0.4 is 0 Å². The third-order valence-corrected chi connectivity index (χ3v) is 4.82. The monoisotopic (exact) mass is 387 g/mol. The van der Waals surface area contributed by atoms with Crippen LogP contribution in [0.3, 0.4) is 0 Å². The van der Waals surface area contributed by atoms with E-state index in [-0.39, 0.29) is 0 Å². The fourth-order valence-electron chi connectivity index (χ4n) is 2.79. The average molecular weight is 387 g/mol. The molecule has 2 aromatic carbocycles. The molecule has 0 aliphatic rings. The van der Waals surface area contributed by atoms with Gasteiger partial charge in [0, 0.05) is 18.0 Å². The highest BCUT2D eigenvalue weighted by molar-refractivity contribution is 6.05. The fourth-order valence-corrected chi connectivity index (χ4v) is 2.79. The molecule has 3 aromatic rings. The van der Waals surface area contributed by atoms with Crippen LogP contribution in [0.4, 0.5) is 0 Å². The van der Waals surface area contributed by atoms with E-state index in [1.807, 2.05) is 54.6 Å². The van der Waals surface area contributed by atoms with Gasteiger partial charge in [-0.25, -0.2) is 9.78 Å². The van der Waals surface area contributed by atoms with Gasteiger partial charge in [-0.05, 0) is 26.0 Å². The Morgan fingerprint density at radius 3 is 2.45 bits per heavy atom. The van der Waals surface area contributed by atoms with Gasteiger partial charge in [0.25, 0.3) is 5.91 Å². The molecule has 1 aromatic heterocycles. The zero-order valence-corrected chi connectivity index (χ0v) is 16.5. The van der Waals surface area contributed by atoms with Gasteiger partial charge in [-0.2, -0.15) is 5.26 Å². The minimum absolute atomic E-state index is 0.337. The number of fused-ring (bicyclic) bond motifs is 1. The Kier molecular flexibility index (Phi) is 5.60. The zero-order chi connectivity index (χ0) is 21.0. The van der Waals surface area contributed by atoms with E-state index in [1.165, 1.54) is 11.9 Å². The van der Waals surface area contributed by atoms with Crippen molar-refractivity contribution >= 4 is 22.8 Å². The first-order valence-electron chi connectivity index (χ1n) is 9.14. The number of rotatable bonds is 5. The second-order valence-electron chi connectivity index (χ2n) is 7.14. The van der Waals surface area contributed by atoms with E-state index in [9.17, 15) is 9.59 Å². The molecule has 0 unspecified atom stereocenters. The second-order valence-corrected chi connectivity index (χ2v) is 7.14. The summed E-state index contributed by atoms with van der Waals surface area (Å²) in [5.41, 5.74) is 1.52. The van der Waals surface area contributed by atoms with Crippen LogP contribution in [-0.4, -0.2) is 41.0 Å². The first kappa shape index (κ1) is 20.0. The summed E-state index contributed by atoms with van der Waals surface area (Å²) >= 11 is 0. The van der Waals surface area contributed by atoms with Crippen LogP contribution in [0.15, 0.2) is 60.7 Å². The topological polar surface area (TPSA) is 83.3 Å². The lowest BCUT2D eigenvalue weighted by atomic mass is 10.0. The molecule has 0 N–H and O–H groups in total. The molecule has 0 fully saturated rings. The third-order valence-electron chi connectivity index (χ3n) is 4.82. The van der Waals surface area contributed by atoms with Crippen LogP contribution in [0.5, 0.6) is 0 Å². The van der Waals surface area contributed by atoms with Crippen molar-refractivity contribution in [1.29, 1.82) is 5.26 Å². The van der Waals surface area contributed by atoms with Gasteiger partial charge in [-0.1, -0.05) is 48.5 Å². The molecule has 6 heteroatoms. The van der Waals surface area contributed by atoms with Gasteiger partial charge in [0.1, 0.15) is 5.54 Å². The number of aromatic nitrogens is 1. The molecule has 0 bridgehead atoms. The summed E-state index contributed by atoms with van der Waals surface area (Å²) in [6.45, 7) is 2.79. The summed E-state index contributed by atoms with van der Waals surface area (Å²) < 4.78 is 5.28. The number of pyridine rings is 1. The predicted molar refractivity (Wildman–Crippen MR) is 110 cm³/mol. The molecule has 0 saturated carbocycles. The maximum atomic E-state index is 12.8. The number of hydrogen-bond acceptors (Lipinski definition) is 5. The van der Waals surface area contributed by atoms with E-state index in [2.05, 4.69) is 4.98 Å². The summed E-state index contributed by atoms with van der Waals surface area (Å²) in [4.78, 5) is 31.0. The Bertz CT molecular complexity index is 1100. The van der Waals surface area contributed by atoms with Gasteiger partial charge in [0.15, 0.2) is 6.61 Å². The minimum Gasteiger partial charge on any atom is -0.452 e. The lowest BCUT2D eigenvalue weighted by molar-refractivity contribution is -0.136. The van der Waals surface area contributed by atoms with Crippen molar-refractivity contribution in [3.05, 3.63) is 66.2 Å². The summed E-state index contributed by atoms with van der Waals surface area (Å²) in [5.74, 6) is -1.07. The van der Waals surface area contributed by atoms with Crippen molar-refractivity contribution in [2.24, 2.45) is 0 Å². The van der Waals surface area contributed by atoms with Gasteiger partial charge in [0.2, 0.25) is 0 Å². The van der Waals surface area contributed by atoms with Gasteiger partial charge in [-0.3, -0.25) is 4.79 Å². The molecule has 1 heterocycles. The Labute approximate surface area is 169 Å². The average Bonchev–Trinajstić information content (AvgIpc) is 2.76. The number of ether oxygens (including phenoxy) is 1. The van der Waals surface area contributed by atoms with E-state index in [4.69, 9.17) is 10.00 Å². The number of amides is 1. The zero-order valence-electron chi connectivity index (χ0n) is 16.5. The Morgan fingerprint density at radius 2 is 1.76 bits per heavy atom. The third kappa shape index (κ3) is 4.25. The number of likely N-dealkylation sites (N-methyl/N-ethyl adjacent to an activating group) is 1. The van der Waals surface area contributed by atoms with Crippen LogP contribution in [0.2, 0.25) is 0 Å². The van der Waals surface area contributed by atoms with Crippen molar-refractivity contribution in [3.8, 4) is 17.3 Å². The summed E-state index contributed by atoms with van der Waals surface area (Å²) in [6.07, 6.45) is 0. The fraction of sp³-hybridized carbons (Fsp3) is 0.217. The molecular weight excluding hydrogens is 366 g/mol. The number of carbonyl (C=O) groups is 2. The summed E-state index contributed by atoms with van der Waals surface area (Å²) in [7, 11) is 1.51. The molecule has 0 spiro atoms. The molecule has 146 valence electrons. The van der Waals surface area contributed by atoms with E-state index in [0.717, 1.165) is 5.56 Å². The first-order chi connectivity index (χ1) is 13.8. The quantitative estimate of drug-likeness (QED) is 0.622. The van der Waals surface area contributed by atoms with E-state index < -0.39 is 24.0 Å².